The van der Waals surface area contributed by atoms with Crippen LogP contribution in [0.3, 0.4) is 0 Å². The van der Waals surface area contributed by atoms with Gasteiger partial charge in [0.1, 0.15) is 0 Å². The number of piperidine rings is 1. The van der Waals surface area contributed by atoms with Crippen LogP contribution in [0, 0.1) is 0 Å². The molecule has 1 saturated heterocycles. The number of hydrogen-bond donors (Lipinski definition) is 0. The molecule has 0 spiro atoms. The fraction of sp³-hybridized carbons (Fsp3) is 1.00. The van der Waals surface area contributed by atoms with E-state index in [1.54, 1.807) is 11.2 Å². The van der Waals surface area contributed by atoms with Gasteiger partial charge in [-0.2, -0.15) is 0 Å². The number of halogens is 1. The van der Waals surface area contributed by atoms with Gasteiger partial charge in [-0.3, -0.25) is 0 Å². The number of alkyl halides is 1. The zero-order valence-corrected chi connectivity index (χ0v) is 9.57. The van der Waals surface area contributed by atoms with E-state index in [2.05, 4.69) is 15.9 Å². The number of nitrogens with zero attached hydrogens (tertiary/aromatic N) is 1. The Kier molecular flexibility index (Phi) is 3.55. The molecule has 1 heterocycles. The molecule has 0 bridgehead atoms. The van der Waals surface area contributed by atoms with Gasteiger partial charge >= 0.3 is 0 Å². The molecule has 0 unspecified atom stereocenters. The predicted molar refractivity (Wildman–Crippen MR) is 53.0 cm³/mol. The van der Waals surface area contributed by atoms with E-state index in [4.69, 9.17) is 0 Å². The van der Waals surface area contributed by atoms with Crippen molar-refractivity contribution in [3.05, 3.63) is 0 Å². The minimum absolute atomic E-state index is 0.222. The van der Waals surface area contributed by atoms with E-state index in [1.165, 1.54) is 0 Å². The lowest BCUT2D eigenvalue weighted by atomic mass is 10.2. The average Bonchev–Trinajstić information content (AvgIpc) is 2.05. The molecule has 72 valence electrons. The standard InChI is InChI=1S/C7H14BrNO2S/c1-2-12(10,11)9-5-3-7(8)4-6-9/h7H,2-6H2,1H3. The molecule has 0 aliphatic carbocycles. The number of rotatable bonds is 2. The van der Waals surface area contributed by atoms with Crippen molar-refractivity contribution in [3.63, 3.8) is 0 Å². The lowest BCUT2D eigenvalue weighted by Crippen LogP contribution is -2.39. The minimum atomic E-state index is -2.93. The summed E-state index contributed by atoms with van der Waals surface area (Å²) >= 11 is 3.48. The Labute approximate surface area is 82.3 Å². The van der Waals surface area contributed by atoms with E-state index in [0.29, 0.717) is 17.9 Å². The van der Waals surface area contributed by atoms with E-state index < -0.39 is 10.0 Å². The molecule has 0 aromatic rings. The van der Waals surface area contributed by atoms with Gasteiger partial charge in [-0.25, -0.2) is 12.7 Å². The molecule has 1 aliphatic heterocycles. The van der Waals surface area contributed by atoms with Gasteiger partial charge in [0.05, 0.1) is 5.75 Å². The normalized spacial score (nSPS) is 22.8. The maximum absolute atomic E-state index is 11.4. The average molecular weight is 256 g/mol. The van der Waals surface area contributed by atoms with Crippen LogP contribution in [0.2, 0.25) is 0 Å². The van der Waals surface area contributed by atoms with Crippen molar-refractivity contribution in [2.24, 2.45) is 0 Å². The van der Waals surface area contributed by atoms with Crippen LogP contribution >= 0.6 is 15.9 Å². The Morgan fingerprint density at radius 2 is 1.92 bits per heavy atom. The molecule has 1 aliphatic rings. The van der Waals surface area contributed by atoms with Gasteiger partial charge in [0.25, 0.3) is 0 Å². The van der Waals surface area contributed by atoms with Crippen molar-refractivity contribution >= 4 is 26.0 Å². The van der Waals surface area contributed by atoms with E-state index >= 15 is 0 Å². The summed E-state index contributed by atoms with van der Waals surface area (Å²) in [4.78, 5) is 0.501. The lowest BCUT2D eigenvalue weighted by molar-refractivity contribution is 0.355. The Balaban J connectivity index is 2.56. The second-order valence-electron chi connectivity index (χ2n) is 2.97. The van der Waals surface area contributed by atoms with Gasteiger partial charge < -0.3 is 0 Å². The van der Waals surface area contributed by atoms with Crippen molar-refractivity contribution in [2.75, 3.05) is 18.8 Å². The predicted octanol–water partition coefficient (Wildman–Crippen LogP) is 1.20. The first-order valence-corrected chi connectivity index (χ1v) is 6.70. The maximum atomic E-state index is 11.4. The van der Waals surface area contributed by atoms with E-state index in [0.717, 1.165) is 12.8 Å². The second-order valence-corrected chi connectivity index (χ2v) is 6.53. The summed E-state index contributed by atoms with van der Waals surface area (Å²) in [5, 5.41) is 0. The molecule has 0 aromatic carbocycles. The Morgan fingerprint density at radius 1 is 1.42 bits per heavy atom. The molecular weight excluding hydrogens is 242 g/mol. The first-order valence-electron chi connectivity index (χ1n) is 4.18. The molecule has 0 atom stereocenters. The summed E-state index contributed by atoms with van der Waals surface area (Å²) in [6.45, 7) is 3.04. The van der Waals surface area contributed by atoms with Gasteiger partial charge in [-0.15, -0.1) is 0 Å². The molecule has 0 amide bonds. The van der Waals surface area contributed by atoms with Crippen LogP contribution in [-0.4, -0.2) is 36.4 Å². The maximum Gasteiger partial charge on any atom is 0.213 e. The molecule has 0 saturated carbocycles. The van der Waals surface area contributed by atoms with Crippen LogP contribution in [0.25, 0.3) is 0 Å². The monoisotopic (exact) mass is 255 g/mol. The van der Waals surface area contributed by atoms with Crippen LogP contribution in [0.4, 0.5) is 0 Å². The third kappa shape index (κ3) is 2.44. The fourth-order valence-corrected chi connectivity index (χ4v) is 2.83. The lowest BCUT2D eigenvalue weighted by Gasteiger charge is -2.28. The van der Waals surface area contributed by atoms with Gasteiger partial charge in [0, 0.05) is 17.9 Å². The fourth-order valence-electron chi connectivity index (χ4n) is 1.29. The number of hydrogen-bond acceptors (Lipinski definition) is 2. The zero-order valence-electron chi connectivity index (χ0n) is 7.16. The van der Waals surface area contributed by atoms with Crippen LogP contribution in [-0.2, 0) is 10.0 Å². The molecule has 1 fully saturated rings. The third-order valence-electron chi connectivity index (χ3n) is 2.14. The van der Waals surface area contributed by atoms with Gasteiger partial charge in [0.15, 0.2) is 0 Å². The van der Waals surface area contributed by atoms with E-state index in [1.807, 2.05) is 0 Å². The molecule has 12 heavy (non-hydrogen) atoms. The summed E-state index contributed by atoms with van der Waals surface area (Å²) in [6.07, 6.45) is 1.86. The van der Waals surface area contributed by atoms with Crippen LogP contribution in [0.15, 0.2) is 0 Å². The first-order chi connectivity index (χ1) is 5.56. The highest BCUT2D eigenvalue weighted by Crippen LogP contribution is 2.19. The Morgan fingerprint density at radius 3 is 2.33 bits per heavy atom. The van der Waals surface area contributed by atoms with Crippen molar-refractivity contribution in [1.82, 2.24) is 4.31 Å². The highest BCUT2D eigenvalue weighted by Gasteiger charge is 2.24. The molecule has 3 nitrogen and oxygen atoms in total. The highest BCUT2D eigenvalue weighted by molar-refractivity contribution is 9.09. The Hall–Kier alpha value is 0.390. The molecule has 0 radical (unpaired) electrons. The second kappa shape index (κ2) is 4.07. The topological polar surface area (TPSA) is 37.4 Å². The van der Waals surface area contributed by atoms with Crippen molar-refractivity contribution in [2.45, 2.75) is 24.6 Å². The van der Waals surface area contributed by atoms with Gasteiger partial charge in [-0.1, -0.05) is 15.9 Å². The summed E-state index contributed by atoms with van der Waals surface area (Å²) < 4.78 is 24.3. The zero-order chi connectivity index (χ0) is 9.19. The van der Waals surface area contributed by atoms with Crippen molar-refractivity contribution < 1.29 is 8.42 Å². The van der Waals surface area contributed by atoms with Gasteiger partial charge in [0.2, 0.25) is 10.0 Å². The molecule has 0 aromatic heterocycles. The summed E-state index contributed by atoms with van der Waals surface area (Å²) in [7, 11) is -2.93. The number of sulfonamides is 1. The summed E-state index contributed by atoms with van der Waals surface area (Å²) in [6, 6.07) is 0. The smallest absolute Gasteiger partial charge is 0.212 e. The minimum Gasteiger partial charge on any atom is -0.212 e. The van der Waals surface area contributed by atoms with Crippen LogP contribution < -0.4 is 0 Å². The SMILES string of the molecule is CCS(=O)(=O)N1CCC(Br)CC1. The van der Waals surface area contributed by atoms with E-state index in [-0.39, 0.29) is 5.75 Å². The molecular formula is C7H14BrNO2S. The largest absolute Gasteiger partial charge is 0.213 e. The summed E-state index contributed by atoms with van der Waals surface area (Å²) in [5.74, 6) is 0.222. The molecule has 5 heteroatoms. The molecule has 1 rings (SSSR count). The van der Waals surface area contributed by atoms with Crippen LogP contribution in [0.5, 0.6) is 0 Å². The van der Waals surface area contributed by atoms with E-state index in [9.17, 15) is 8.42 Å². The third-order valence-corrected chi connectivity index (χ3v) is 4.94. The Bertz CT molecular complexity index is 232. The van der Waals surface area contributed by atoms with Gasteiger partial charge in [-0.05, 0) is 19.8 Å². The quantitative estimate of drug-likeness (QED) is 0.696. The highest BCUT2D eigenvalue weighted by atomic mass is 79.9. The van der Waals surface area contributed by atoms with Crippen molar-refractivity contribution in [3.8, 4) is 0 Å². The van der Waals surface area contributed by atoms with Crippen molar-refractivity contribution in [1.29, 1.82) is 0 Å². The summed E-state index contributed by atoms with van der Waals surface area (Å²) in [5.41, 5.74) is 0. The van der Waals surface area contributed by atoms with Crippen LogP contribution in [0.1, 0.15) is 19.8 Å². The molecule has 0 N–H and O–H groups in total. The first kappa shape index (κ1) is 10.5.